The number of esters is 2. The van der Waals surface area contributed by atoms with Crippen molar-refractivity contribution in [2.75, 3.05) is 23.8 Å². The van der Waals surface area contributed by atoms with Crippen LogP contribution in [0.3, 0.4) is 0 Å². The maximum absolute atomic E-state index is 13.4. The first-order valence-corrected chi connectivity index (χ1v) is 17.7. The van der Waals surface area contributed by atoms with Gasteiger partial charge in [-0.1, -0.05) is 16.9 Å². The SMILES string of the molecule is CC(=O)Oc1ccc(C(=O)NNC(=O)CO/N=C(/C(=O)NC2C(=O)N3C(C(=O)O)=C(CSc4nnnn4C)CSC23)c2csc(N)n2)cc1OC(C)=O.Cl. The molecule has 0 saturated carbocycles. The summed E-state index contributed by atoms with van der Waals surface area (Å²) in [4.78, 5) is 96.9. The highest BCUT2D eigenvalue weighted by molar-refractivity contribution is 8.01. The lowest BCUT2D eigenvalue weighted by atomic mass is 10.0. The van der Waals surface area contributed by atoms with Crippen LogP contribution in [0.5, 0.6) is 11.5 Å². The molecule has 0 spiro atoms. The maximum atomic E-state index is 13.4. The predicted molar refractivity (Wildman–Crippen MR) is 190 cm³/mol. The molecule has 26 heteroatoms. The van der Waals surface area contributed by atoms with Gasteiger partial charge in [0.05, 0.1) is 0 Å². The second-order valence-corrected chi connectivity index (χ2v) is 13.6. The molecule has 1 aromatic carbocycles. The molecular formula is C28H28ClN11O11S3. The minimum Gasteiger partial charge on any atom is -0.477 e. The van der Waals surface area contributed by atoms with E-state index >= 15 is 0 Å². The number of aryl methyl sites for hydroxylation is 1. The van der Waals surface area contributed by atoms with Crippen LogP contribution in [-0.4, -0.2) is 112 Å². The summed E-state index contributed by atoms with van der Waals surface area (Å²) in [6.07, 6.45) is 0. The normalized spacial score (nSPS) is 16.2. The fourth-order valence-corrected chi connectivity index (χ4v) is 7.50. The number of hydrazine groups is 1. The molecular weight excluding hydrogens is 798 g/mol. The van der Waals surface area contributed by atoms with Crippen LogP contribution in [0, 0.1) is 0 Å². The van der Waals surface area contributed by atoms with Crippen molar-refractivity contribution in [1.29, 1.82) is 0 Å². The first kappa shape index (κ1) is 41.0. The summed E-state index contributed by atoms with van der Waals surface area (Å²) in [6.45, 7) is 1.43. The van der Waals surface area contributed by atoms with Crippen molar-refractivity contribution in [2.45, 2.75) is 30.4 Å². The number of β-lactam (4-membered cyclic amide) rings is 1. The Morgan fingerprint density at radius 1 is 1.11 bits per heavy atom. The number of benzene rings is 1. The fourth-order valence-electron chi connectivity index (χ4n) is 4.61. The molecule has 22 nitrogen and oxygen atoms in total. The van der Waals surface area contributed by atoms with Crippen molar-refractivity contribution in [3.8, 4) is 11.5 Å². The third-order valence-electron chi connectivity index (χ3n) is 6.85. The number of carbonyl (C=O) groups excluding carboxylic acids is 6. The van der Waals surface area contributed by atoms with E-state index in [1.165, 1.54) is 45.7 Å². The Morgan fingerprint density at radius 2 is 1.83 bits per heavy atom. The van der Waals surface area contributed by atoms with E-state index in [-0.39, 0.29) is 57.5 Å². The van der Waals surface area contributed by atoms with Gasteiger partial charge in [-0.3, -0.25) is 44.5 Å². The number of anilines is 1. The number of oxime groups is 1. The average Bonchev–Trinajstić information content (AvgIpc) is 3.73. The summed E-state index contributed by atoms with van der Waals surface area (Å²) < 4.78 is 11.4. The number of fused-ring (bicyclic) bond motifs is 1. The number of thioether (sulfide) groups is 2. The molecule has 2 aliphatic heterocycles. The van der Waals surface area contributed by atoms with Crippen LogP contribution in [0.2, 0.25) is 0 Å². The second kappa shape index (κ2) is 17.8. The zero-order valence-electron chi connectivity index (χ0n) is 28.0. The van der Waals surface area contributed by atoms with E-state index in [0.29, 0.717) is 10.7 Å². The monoisotopic (exact) mass is 825 g/mol. The number of aliphatic carboxylic acids is 1. The molecule has 2 aromatic heterocycles. The first-order chi connectivity index (χ1) is 25.2. The summed E-state index contributed by atoms with van der Waals surface area (Å²) in [5, 5.41) is 28.5. The molecule has 5 rings (SSSR count). The second-order valence-electron chi connectivity index (χ2n) is 10.6. The Labute approximate surface area is 321 Å². The number of hydrogen-bond acceptors (Lipinski definition) is 19. The van der Waals surface area contributed by atoms with E-state index in [0.717, 1.165) is 36.2 Å². The van der Waals surface area contributed by atoms with Crippen molar-refractivity contribution in [1.82, 2.24) is 46.3 Å². The number of nitrogens with one attached hydrogen (secondary N) is 3. The van der Waals surface area contributed by atoms with Crippen molar-refractivity contribution in [3.05, 3.63) is 46.1 Å². The number of aromatic nitrogens is 5. The van der Waals surface area contributed by atoms with Crippen LogP contribution < -0.4 is 31.4 Å². The number of halogens is 1. The highest BCUT2D eigenvalue weighted by atomic mass is 35.5. The molecule has 286 valence electrons. The molecule has 0 aliphatic carbocycles. The van der Waals surface area contributed by atoms with Gasteiger partial charge in [-0.15, -0.1) is 40.6 Å². The van der Waals surface area contributed by atoms with Crippen LogP contribution in [0.4, 0.5) is 5.13 Å². The molecule has 2 unspecified atom stereocenters. The minimum atomic E-state index is -1.31. The van der Waals surface area contributed by atoms with Crippen LogP contribution in [0.1, 0.15) is 29.9 Å². The summed E-state index contributed by atoms with van der Waals surface area (Å²) >= 11 is 3.43. The van der Waals surface area contributed by atoms with E-state index < -0.39 is 65.3 Å². The van der Waals surface area contributed by atoms with Gasteiger partial charge in [0.2, 0.25) is 5.16 Å². The highest BCUT2D eigenvalue weighted by Gasteiger charge is 2.54. The molecule has 54 heavy (non-hydrogen) atoms. The van der Waals surface area contributed by atoms with Gasteiger partial charge in [-0.25, -0.2) is 14.5 Å². The standard InChI is InChI=1S/C28H27N11O11S3.ClH/c1-11(40)49-16-5-4-13(6-17(16)50-12(2)41)22(43)33-32-18(42)7-48-35-19(15-10-52-27(29)30-15)23(44)31-20-24(45)39-21(26(46)47)14(8-51-25(20)39)9-53-28-34-36-37-38(28)3;/h4-6,10,20,25H,7-9H2,1-3H3,(H2,29,30)(H,31,44)(H,32,42)(H,33,43)(H,46,47);1H/b35-19+;. The van der Waals surface area contributed by atoms with Crippen molar-refractivity contribution in [2.24, 2.45) is 12.2 Å². The smallest absolute Gasteiger partial charge is 0.352 e. The minimum absolute atomic E-state index is 0. The molecule has 1 saturated heterocycles. The van der Waals surface area contributed by atoms with E-state index in [1.807, 2.05) is 0 Å². The number of hydrogen-bond donors (Lipinski definition) is 5. The molecule has 4 amide bonds. The van der Waals surface area contributed by atoms with E-state index in [9.17, 15) is 38.7 Å². The predicted octanol–water partition coefficient (Wildman–Crippen LogP) is -0.766. The fraction of sp³-hybridized carbons (Fsp3) is 0.286. The van der Waals surface area contributed by atoms with Gasteiger partial charge in [-0.05, 0) is 34.2 Å². The summed E-state index contributed by atoms with van der Waals surface area (Å²) in [5.41, 5.74) is 9.63. The van der Waals surface area contributed by atoms with E-state index in [2.05, 4.69) is 41.8 Å². The zero-order chi connectivity index (χ0) is 38.4. The Balaban J connectivity index is 0.00000650. The number of ether oxygens (including phenoxy) is 2. The van der Waals surface area contributed by atoms with Gasteiger partial charge in [0.15, 0.2) is 28.9 Å². The highest BCUT2D eigenvalue weighted by Crippen LogP contribution is 2.41. The summed E-state index contributed by atoms with van der Waals surface area (Å²) in [7, 11) is 1.63. The summed E-state index contributed by atoms with van der Waals surface area (Å²) in [5.74, 6) is -6.01. The number of nitrogen functional groups attached to an aromatic ring is 1. The molecule has 2 aliphatic rings. The third kappa shape index (κ3) is 9.60. The molecule has 0 bridgehead atoms. The lowest BCUT2D eigenvalue weighted by Crippen LogP contribution is -2.71. The number of tetrazole rings is 1. The number of nitrogens with zero attached hydrogens (tertiary/aromatic N) is 7. The molecule has 4 heterocycles. The van der Waals surface area contributed by atoms with E-state index in [4.69, 9.17) is 20.0 Å². The van der Waals surface area contributed by atoms with Crippen LogP contribution in [0.15, 0.2) is 45.2 Å². The lowest BCUT2D eigenvalue weighted by molar-refractivity contribution is -0.150. The van der Waals surface area contributed by atoms with Gasteiger partial charge in [0, 0.05) is 43.3 Å². The third-order valence-corrected chi connectivity index (χ3v) is 9.96. The first-order valence-electron chi connectivity index (χ1n) is 14.8. The Morgan fingerprint density at radius 3 is 2.46 bits per heavy atom. The lowest BCUT2D eigenvalue weighted by Gasteiger charge is -2.49. The van der Waals surface area contributed by atoms with Gasteiger partial charge < -0.3 is 30.5 Å². The van der Waals surface area contributed by atoms with E-state index in [1.54, 1.807) is 7.05 Å². The van der Waals surface area contributed by atoms with Crippen LogP contribution in [0.25, 0.3) is 0 Å². The Kier molecular flexibility index (Phi) is 13.5. The number of rotatable bonds is 13. The van der Waals surface area contributed by atoms with Crippen molar-refractivity contribution < 1.29 is 53.0 Å². The van der Waals surface area contributed by atoms with Gasteiger partial charge in [-0.2, -0.15) is 0 Å². The molecule has 2 atom stereocenters. The van der Waals surface area contributed by atoms with Crippen molar-refractivity contribution in [3.63, 3.8) is 0 Å². The zero-order valence-corrected chi connectivity index (χ0v) is 31.2. The van der Waals surface area contributed by atoms with Gasteiger partial charge in [0.1, 0.15) is 22.8 Å². The van der Waals surface area contributed by atoms with Gasteiger partial charge in [0.25, 0.3) is 23.6 Å². The maximum Gasteiger partial charge on any atom is 0.352 e. The number of carbonyl (C=O) groups is 7. The molecule has 0 radical (unpaired) electrons. The Bertz CT molecular complexity index is 2070. The number of nitrogens with two attached hydrogens (primary N) is 1. The molecule has 1 fully saturated rings. The average molecular weight is 826 g/mol. The van der Waals surface area contributed by atoms with Crippen LogP contribution >= 0.6 is 47.3 Å². The van der Waals surface area contributed by atoms with Gasteiger partial charge >= 0.3 is 17.9 Å². The largest absolute Gasteiger partial charge is 0.477 e. The molecule has 6 N–H and O–H groups in total. The summed E-state index contributed by atoms with van der Waals surface area (Å²) in [6, 6.07) is 2.43. The molecule has 3 aromatic rings. The Hall–Kier alpha value is -5.79. The number of thiazole rings is 1. The quantitative estimate of drug-likeness (QED) is 0.0353. The van der Waals surface area contributed by atoms with Crippen molar-refractivity contribution >= 4 is 99.6 Å². The number of carboxylic acid groups (broad SMARTS) is 1. The van der Waals surface area contributed by atoms with Crippen LogP contribution in [-0.2, 0) is 40.7 Å². The number of amides is 4. The topological polar surface area (TPSA) is 302 Å². The number of carboxylic acids is 1.